The third kappa shape index (κ3) is 2.84. The van der Waals surface area contributed by atoms with Crippen molar-refractivity contribution in [3.8, 4) is 5.75 Å². The summed E-state index contributed by atoms with van der Waals surface area (Å²) in [7, 11) is -3.34. The van der Waals surface area contributed by atoms with Gasteiger partial charge in [-0.1, -0.05) is 6.42 Å². The van der Waals surface area contributed by atoms with Gasteiger partial charge in [-0.05, 0) is 25.0 Å². The number of rotatable bonds is 2. The topological polar surface area (TPSA) is 108 Å². The van der Waals surface area contributed by atoms with E-state index in [0.29, 0.717) is 6.54 Å². The van der Waals surface area contributed by atoms with Gasteiger partial charge in [0.25, 0.3) is 5.91 Å². The molecule has 8 nitrogen and oxygen atoms in total. The minimum absolute atomic E-state index is 0.0103. The van der Waals surface area contributed by atoms with Gasteiger partial charge in [-0.15, -0.1) is 0 Å². The number of hydrogen-bond acceptors (Lipinski definition) is 6. The molecule has 2 amide bonds. The number of nitrogens with zero attached hydrogens (tertiary/aromatic N) is 3. The monoisotopic (exact) mass is 379 g/mol. The highest BCUT2D eigenvalue weighted by Crippen LogP contribution is 2.34. The number of amides is 2. The number of carbonyl (C=O) groups is 2. The first kappa shape index (κ1) is 17.3. The fourth-order valence-corrected chi connectivity index (χ4v) is 6.05. The number of carbonyl (C=O) groups excluding carboxylic acids is 2. The van der Waals surface area contributed by atoms with Gasteiger partial charge >= 0.3 is 0 Å². The number of pyridine rings is 1. The Hall–Kier alpha value is -2.16. The molecule has 1 aromatic heterocycles. The Kier molecular flexibility index (Phi) is 4.13. The molecule has 3 fully saturated rings. The van der Waals surface area contributed by atoms with Gasteiger partial charge in [0.05, 0.1) is 23.6 Å². The van der Waals surface area contributed by atoms with Crippen LogP contribution >= 0.6 is 0 Å². The summed E-state index contributed by atoms with van der Waals surface area (Å²) < 4.78 is 24.5. The van der Waals surface area contributed by atoms with Crippen molar-refractivity contribution in [2.75, 3.05) is 24.6 Å². The second-order valence-corrected chi connectivity index (χ2v) is 9.39. The lowest BCUT2D eigenvalue weighted by atomic mass is 9.83. The van der Waals surface area contributed by atoms with Gasteiger partial charge in [-0.3, -0.25) is 9.59 Å². The van der Waals surface area contributed by atoms with Gasteiger partial charge in [0.2, 0.25) is 5.91 Å². The Morgan fingerprint density at radius 3 is 2.38 bits per heavy atom. The van der Waals surface area contributed by atoms with Crippen LogP contribution in [0.5, 0.6) is 5.75 Å². The third-order valence-electron chi connectivity index (χ3n) is 5.66. The fourth-order valence-electron chi connectivity index (χ4n) is 4.07. The summed E-state index contributed by atoms with van der Waals surface area (Å²) >= 11 is 0. The molecule has 0 aromatic carbocycles. The fraction of sp³-hybridized carbons (Fsp3) is 0.588. The molecule has 2 atom stereocenters. The van der Waals surface area contributed by atoms with E-state index in [2.05, 4.69) is 4.98 Å². The Morgan fingerprint density at radius 2 is 1.77 bits per heavy atom. The van der Waals surface area contributed by atoms with E-state index in [1.54, 1.807) is 4.90 Å². The van der Waals surface area contributed by atoms with Gasteiger partial charge in [-0.25, -0.2) is 13.4 Å². The van der Waals surface area contributed by atoms with Crippen LogP contribution in [0.2, 0.25) is 0 Å². The Morgan fingerprint density at radius 1 is 1.12 bits per heavy atom. The highest BCUT2D eigenvalue weighted by Gasteiger charge is 2.50. The smallest absolute Gasteiger partial charge is 0.276 e. The molecule has 140 valence electrons. The van der Waals surface area contributed by atoms with Crippen molar-refractivity contribution >= 4 is 21.7 Å². The van der Waals surface area contributed by atoms with E-state index in [1.807, 2.05) is 0 Å². The molecule has 2 unspecified atom stereocenters. The first-order valence-electron chi connectivity index (χ1n) is 8.83. The van der Waals surface area contributed by atoms with Gasteiger partial charge < -0.3 is 14.9 Å². The van der Waals surface area contributed by atoms with Gasteiger partial charge in [0.15, 0.2) is 15.5 Å². The van der Waals surface area contributed by atoms with Crippen molar-refractivity contribution in [1.82, 2.24) is 14.8 Å². The largest absolute Gasteiger partial charge is 0.505 e. The molecule has 0 bridgehead atoms. The summed E-state index contributed by atoms with van der Waals surface area (Å²) in [5.41, 5.74) is -0.0886. The van der Waals surface area contributed by atoms with Crippen LogP contribution in [0.1, 0.15) is 29.8 Å². The molecule has 0 radical (unpaired) electrons. The van der Waals surface area contributed by atoms with Crippen LogP contribution in [-0.2, 0) is 14.6 Å². The van der Waals surface area contributed by atoms with Crippen LogP contribution in [0.3, 0.4) is 0 Å². The summed E-state index contributed by atoms with van der Waals surface area (Å²) in [6.07, 6.45) is 4.14. The lowest BCUT2D eigenvalue weighted by molar-refractivity contribution is -0.143. The van der Waals surface area contributed by atoms with Crippen molar-refractivity contribution in [3.63, 3.8) is 0 Å². The van der Waals surface area contributed by atoms with E-state index >= 15 is 0 Å². The van der Waals surface area contributed by atoms with Crippen LogP contribution in [0.25, 0.3) is 0 Å². The van der Waals surface area contributed by atoms with Crippen molar-refractivity contribution in [1.29, 1.82) is 0 Å². The lowest BCUT2D eigenvalue weighted by Gasteiger charge is -2.45. The third-order valence-corrected chi connectivity index (χ3v) is 7.36. The predicted octanol–water partition coefficient (Wildman–Crippen LogP) is 0.0373. The minimum atomic E-state index is -3.34. The number of piperazine rings is 1. The Balaban J connectivity index is 1.62. The SMILES string of the molecule is O=C(c1ncccc1O)N1CCN(C(=O)C2CCC2)C2CS(=O)(=O)CC21. The molecule has 2 aliphatic heterocycles. The number of hydrogen-bond donors (Lipinski definition) is 1. The van der Waals surface area contributed by atoms with E-state index in [0.717, 1.165) is 19.3 Å². The van der Waals surface area contributed by atoms with Gasteiger partial charge in [0, 0.05) is 25.2 Å². The Labute approximate surface area is 151 Å². The Bertz CT molecular complexity index is 852. The zero-order chi connectivity index (χ0) is 18.5. The second-order valence-electron chi connectivity index (χ2n) is 7.24. The number of aromatic hydroxyl groups is 1. The van der Waals surface area contributed by atoms with Crippen molar-refractivity contribution < 1.29 is 23.1 Å². The van der Waals surface area contributed by atoms with E-state index in [4.69, 9.17) is 0 Å². The standard InChI is InChI=1S/C17H21N3O5S/c21-14-5-2-6-18-15(14)17(23)20-8-7-19(16(22)11-3-1-4-11)12-9-26(24,25)10-13(12)20/h2,5-6,11-13,21H,1,3-4,7-10H2. The lowest BCUT2D eigenvalue weighted by Crippen LogP contribution is -2.63. The first-order valence-corrected chi connectivity index (χ1v) is 10.7. The second kappa shape index (κ2) is 6.22. The first-order chi connectivity index (χ1) is 12.4. The summed E-state index contributed by atoms with van der Waals surface area (Å²) in [4.78, 5) is 32.6. The molecule has 1 saturated carbocycles. The molecule has 0 spiro atoms. The summed E-state index contributed by atoms with van der Waals surface area (Å²) in [6, 6.07) is 1.78. The summed E-state index contributed by atoms with van der Waals surface area (Å²) in [6.45, 7) is 0.551. The number of fused-ring (bicyclic) bond motifs is 1. The molecule has 4 rings (SSSR count). The molecular weight excluding hydrogens is 358 g/mol. The van der Waals surface area contributed by atoms with Gasteiger partial charge in [0.1, 0.15) is 5.75 Å². The molecule has 2 saturated heterocycles. The quantitative estimate of drug-likeness (QED) is 0.777. The van der Waals surface area contributed by atoms with Crippen LogP contribution < -0.4 is 0 Å². The molecule has 1 N–H and O–H groups in total. The minimum Gasteiger partial charge on any atom is -0.505 e. The maximum absolute atomic E-state index is 12.9. The molecule has 26 heavy (non-hydrogen) atoms. The average Bonchev–Trinajstić information content (AvgIpc) is 2.86. The van der Waals surface area contributed by atoms with Crippen LogP contribution in [-0.4, -0.2) is 76.8 Å². The predicted molar refractivity (Wildman–Crippen MR) is 92.2 cm³/mol. The molecule has 1 aromatic rings. The van der Waals surface area contributed by atoms with Crippen LogP contribution in [0.15, 0.2) is 18.3 Å². The highest BCUT2D eigenvalue weighted by molar-refractivity contribution is 7.91. The molecule has 3 heterocycles. The van der Waals surface area contributed by atoms with Crippen molar-refractivity contribution in [3.05, 3.63) is 24.0 Å². The maximum atomic E-state index is 12.9. The zero-order valence-electron chi connectivity index (χ0n) is 14.2. The maximum Gasteiger partial charge on any atom is 0.276 e. The van der Waals surface area contributed by atoms with E-state index < -0.39 is 27.8 Å². The average molecular weight is 379 g/mol. The van der Waals surface area contributed by atoms with E-state index in [9.17, 15) is 23.1 Å². The number of sulfone groups is 1. The molecule has 3 aliphatic rings. The molecule has 9 heteroatoms. The molecule has 1 aliphatic carbocycles. The van der Waals surface area contributed by atoms with Crippen molar-refractivity contribution in [2.45, 2.75) is 31.3 Å². The van der Waals surface area contributed by atoms with Gasteiger partial charge in [-0.2, -0.15) is 0 Å². The van der Waals surface area contributed by atoms with Crippen LogP contribution in [0.4, 0.5) is 0 Å². The molecular formula is C17H21N3O5S. The highest BCUT2D eigenvalue weighted by atomic mass is 32.2. The summed E-state index contributed by atoms with van der Waals surface area (Å²) in [5, 5.41) is 9.91. The zero-order valence-corrected chi connectivity index (χ0v) is 15.1. The van der Waals surface area contributed by atoms with Crippen LogP contribution in [0, 0.1) is 5.92 Å². The van der Waals surface area contributed by atoms with E-state index in [1.165, 1.54) is 23.2 Å². The normalized spacial score (nSPS) is 27.7. The van der Waals surface area contributed by atoms with Crippen molar-refractivity contribution in [2.24, 2.45) is 5.92 Å². The summed E-state index contributed by atoms with van der Waals surface area (Å²) in [5.74, 6) is -1.01. The van der Waals surface area contributed by atoms with E-state index in [-0.39, 0.29) is 41.3 Å². The number of aromatic nitrogens is 1.